The van der Waals surface area contributed by atoms with E-state index in [4.69, 9.17) is 0 Å². The third-order valence-electron chi connectivity index (χ3n) is 4.23. The molecule has 120 valence electrons. The van der Waals surface area contributed by atoms with Gasteiger partial charge in [0.25, 0.3) is 5.91 Å². The lowest BCUT2D eigenvalue weighted by Gasteiger charge is -2.17. The number of aromatic nitrogens is 1. The van der Waals surface area contributed by atoms with E-state index in [9.17, 15) is 4.79 Å². The molecule has 0 bridgehead atoms. The summed E-state index contributed by atoms with van der Waals surface area (Å²) in [6.07, 6.45) is 2.39. The summed E-state index contributed by atoms with van der Waals surface area (Å²) < 4.78 is 0. The van der Waals surface area contributed by atoms with E-state index < -0.39 is 0 Å². The van der Waals surface area contributed by atoms with Crippen LogP contribution in [0.25, 0.3) is 0 Å². The minimum Gasteiger partial charge on any atom is -0.357 e. The van der Waals surface area contributed by atoms with Gasteiger partial charge in [0.1, 0.15) is 11.5 Å². The van der Waals surface area contributed by atoms with Crippen molar-refractivity contribution in [2.24, 2.45) is 0 Å². The van der Waals surface area contributed by atoms with Crippen LogP contribution in [0.1, 0.15) is 48.7 Å². The van der Waals surface area contributed by atoms with Crippen molar-refractivity contribution in [1.29, 1.82) is 0 Å². The second-order valence-electron chi connectivity index (χ2n) is 6.27. The molecule has 0 radical (unpaired) electrons. The molecule has 0 atom stereocenters. The van der Waals surface area contributed by atoms with Crippen LogP contribution in [0.15, 0.2) is 42.5 Å². The number of rotatable bonds is 4. The number of anilines is 2. The number of hydrogen-bond acceptors (Lipinski definition) is 3. The van der Waals surface area contributed by atoms with Crippen LogP contribution in [0.3, 0.4) is 0 Å². The maximum Gasteiger partial charge on any atom is 0.274 e. The maximum absolute atomic E-state index is 12.6. The monoisotopic (exact) mass is 309 g/mol. The average Bonchev–Trinajstić information content (AvgIpc) is 3.10. The van der Waals surface area contributed by atoms with Crippen LogP contribution < -0.4 is 10.2 Å². The van der Waals surface area contributed by atoms with E-state index in [0.29, 0.717) is 11.6 Å². The number of amides is 1. The van der Waals surface area contributed by atoms with Gasteiger partial charge in [0.15, 0.2) is 0 Å². The smallest absolute Gasteiger partial charge is 0.274 e. The first-order chi connectivity index (χ1) is 11.1. The highest BCUT2D eigenvalue weighted by molar-refractivity contribution is 6.03. The first-order valence-corrected chi connectivity index (χ1v) is 8.27. The summed E-state index contributed by atoms with van der Waals surface area (Å²) in [5.74, 6) is 1.10. The van der Waals surface area contributed by atoms with Crippen LogP contribution in [-0.2, 0) is 0 Å². The molecule has 1 aliphatic heterocycles. The molecule has 4 heteroatoms. The molecule has 0 unspecified atom stereocenters. The number of carbonyl (C=O) groups excluding carboxylic acids is 1. The van der Waals surface area contributed by atoms with Gasteiger partial charge in [-0.15, -0.1) is 0 Å². The number of nitrogens with one attached hydrogen (secondary N) is 1. The minimum absolute atomic E-state index is 0.154. The molecule has 1 aromatic carbocycles. The summed E-state index contributed by atoms with van der Waals surface area (Å²) in [4.78, 5) is 19.3. The third-order valence-corrected chi connectivity index (χ3v) is 4.23. The SMILES string of the molecule is CC(C)c1ccccc1NC(=O)c1cccc(N2CCCC2)n1. The van der Waals surface area contributed by atoms with E-state index in [1.165, 1.54) is 12.8 Å². The molecule has 0 saturated carbocycles. The van der Waals surface area contributed by atoms with Crippen LogP contribution >= 0.6 is 0 Å². The van der Waals surface area contributed by atoms with Crippen molar-refractivity contribution in [2.75, 3.05) is 23.3 Å². The summed E-state index contributed by atoms with van der Waals surface area (Å²) in [7, 11) is 0. The number of para-hydroxylation sites is 1. The van der Waals surface area contributed by atoms with Crippen LogP contribution in [-0.4, -0.2) is 24.0 Å². The minimum atomic E-state index is -0.154. The number of pyridine rings is 1. The van der Waals surface area contributed by atoms with Crippen molar-refractivity contribution >= 4 is 17.4 Å². The predicted molar refractivity (Wildman–Crippen MR) is 94.2 cm³/mol. The molecule has 0 aliphatic carbocycles. The fourth-order valence-electron chi connectivity index (χ4n) is 2.97. The first kappa shape index (κ1) is 15.5. The molecule has 1 saturated heterocycles. The molecule has 1 N–H and O–H groups in total. The summed E-state index contributed by atoms with van der Waals surface area (Å²) in [6, 6.07) is 13.6. The molecule has 1 aromatic heterocycles. The van der Waals surface area contributed by atoms with Crippen LogP contribution in [0.5, 0.6) is 0 Å². The van der Waals surface area contributed by atoms with Gasteiger partial charge < -0.3 is 10.2 Å². The zero-order valence-electron chi connectivity index (χ0n) is 13.7. The lowest BCUT2D eigenvalue weighted by atomic mass is 10.0. The van der Waals surface area contributed by atoms with Crippen molar-refractivity contribution in [2.45, 2.75) is 32.6 Å². The molecule has 0 spiro atoms. The quantitative estimate of drug-likeness (QED) is 0.926. The molecule has 2 heterocycles. The standard InChI is InChI=1S/C19H23N3O/c1-14(2)15-8-3-4-9-16(15)21-19(23)17-10-7-11-18(20-17)22-12-5-6-13-22/h3-4,7-11,14H,5-6,12-13H2,1-2H3,(H,21,23). The van der Waals surface area contributed by atoms with Gasteiger partial charge in [-0.3, -0.25) is 4.79 Å². The van der Waals surface area contributed by atoms with Gasteiger partial charge >= 0.3 is 0 Å². The molecular weight excluding hydrogens is 286 g/mol. The van der Waals surface area contributed by atoms with Crippen LogP contribution in [0, 0.1) is 0 Å². The van der Waals surface area contributed by atoms with E-state index in [-0.39, 0.29) is 5.91 Å². The van der Waals surface area contributed by atoms with E-state index in [1.807, 2.05) is 36.4 Å². The largest absolute Gasteiger partial charge is 0.357 e. The topological polar surface area (TPSA) is 45.2 Å². The normalized spacial score (nSPS) is 14.3. The number of carbonyl (C=O) groups is 1. The summed E-state index contributed by atoms with van der Waals surface area (Å²) >= 11 is 0. The van der Waals surface area contributed by atoms with Crippen molar-refractivity contribution in [3.05, 3.63) is 53.7 Å². The number of hydrogen-bond donors (Lipinski definition) is 1. The predicted octanol–water partition coefficient (Wildman–Crippen LogP) is 4.06. The van der Waals surface area contributed by atoms with Gasteiger partial charge in [0, 0.05) is 18.8 Å². The Morgan fingerprint density at radius 2 is 1.83 bits per heavy atom. The van der Waals surface area contributed by atoms with Gasteiger partial charge in [-0.25, -0.2) is 4.98 Å². The zero-order chi connectivity index (χ0) is 16.2. The van der Waals surface area contributed by atoms with Crippen LogP contribution in [0.4, 0.5) is 11.5 Å². The Hall–Kier alpha value is -2.36. The molecule has 1 aliphatic rings. The fourth-order valence-corrected chi connectivity index (χ4v) is 2.97. The fraction of sp³-hybridized carbons (Fsp3) is 0.368. The maximum atomic E-state index is 12.6. The molecular formula is C19H23N3O. The van der Waals surface area contributed by atoms with Crippen molar-refractivity contribution in [3.8, 4) is 0 Å². The molecule has 23 heavy (non-hydrogen) atoms. The lowest BCUT2D eigenvalue weighted by molar-refractivity contribution is 0.102. The van der Waals surface area contributed by atoms with Crippen molar-refractivity contribution < 1.29 is 4.79 Å². The second kappa shape index (κ2) is 6.82. The third kappa shape index (κ3) is 3.52. The van der Waals surface area contributed by atoms with Crippen molar-refractivity contribution in [1.82, 2.24) is 4.98 Å². The van der Waals surface area contributed by atoms with Crippen LogP contribution in [0.2, 0.25) is 0 Å². The van der Waals surface area contributed by atoms with Gasteiger partial charge in [0.2, 0.25) is 0 Å². The Morgan fingerprint density at radius 1 is 1.09 bits per heavy atom. The Bertz CT molecular complexity index is 691. The molecule has 4 nitrogen and oxygen atoms in total. The number of nitrogens with zero attached hydrogens (tertiary/aromatic N) is 2. The Kier molecular flexibility index (Phi) is 4.60. The second-order valence-corrected chi connectivity index (χ2v) is 6.27. The molecule has 2 aromatic rings. The average molecular weight is 309 g/mol. The molecule has 1 fully saturated rings. The van der Waals surface area contributed by atoms with E-state index >= 15 is 0 Å². The summed E-state index contributed by atoms with van der Waals surface area (Å²) in [5.41, 5.74) is 2.46. The Balaban J connectivity index is 1.80. The van der Waals surface area contributed by atoms with Gasteiger partial charge in [-0.2, -0.15) is 0 Å². The number of benzene rings is 1. The molecule has 3 rings (SSSR count). The molecule has 1 amide bonds. The highest BCUT2D eigenvalue weighted by atomic mass is 16.1. The van der Waals surface area contributed by atoms with E-state index in [2.05, 4.69) is 29.0 Å². The Morgan fingerprint density at radius 3 is 2.57 bits per heavy atom. The highest BCUT2D eigenvalue weighted by Crippen LogP contribution is 2.24. The Labute approximate surface area is 137 Å². The highest BCUT2D eigenvalue weighted by Gasteiger charge is 2.16. The zero-order valence-corrected chi connectivity index (χ0v) is 13.7. The van der Waals surface area contributed by atoms with E-state index in [0.717, 1.165) is 30.2 Å². The van der Waals surface area contributed by atoms with Gasteiger partial charge in [-0.1, -0.05) is 38.1 Å². The first-order valence-electron chi connectivity index (χ1n) is 8.27. The van der Waals surface area contributed by atoms with Crippen molar-refractivity contribution in [3.63, 3.8) is 0 Å². The van der Waals surface area contributed by atoms with Gasteiger partial charge in [-0.05, 0) is 42.5 Å². The summed E-state index contributed by atoms with van der Waals surface area (Å²) in [6.45, 7) is 6.29. The summed E-state index contributed by atoms with van der Waals surface area (Å²) in [5, 5.41) is 3.01. The van der Waals surface area contributed by atoms with E-state index in [1.54, 1.807) is 6.07 Å². The van der Waals surface area contributed by atoms with Gasteiger partial charge in [0.05, 0.1) is 0 Å². The lowest BCUT2D eigenvalue weighted by Crippen LogP contribution is -2.21.